The first kappa shape index (κ1) is 27.3. The van der Waals surface area contributed by atoms with Crippen molar-refractivity contribution in [3.63, 3.8) is 0 Å². The molecule has 1 fully saturated rings. The van der Waals surface area contributed by atoms with Crippen LogP contribution in [0.4, 0.5) is 14.6 Å². The smallest absolute Gasteiger partial charge is 0.355 e. The average molecular weight is 596 g/mol. The van der Waals surface area contributed by atoms with Gasteiger partial charge in [0.25, 0.3) is 10.0 Å². The van der Waals surface area contributed by atoms with Crippen LogP contribution in [0.2, 0.25) is 0 Å². The maximum Gasteiger partial charge on any atom is 0.355 e. The molecule has 4 aromatic heterocycles. The number of benzene rings is 1. The average Bonchev–Trinajstić information content (AvgIpc) is 3.50. The highest BCUT2D eigenvalue weighted by atomic mass is 32.2. The van der Waals surface area contributed by atoms with Crippen LogP contribution in [-0.4, -0.2) is 84.8 Å². The minimum absolute atomic E-state index is 0.0560. The number of hydrogen-bond donors (Lipinski definition) is 1. The quantitative estimate of drug-likeness (QED) is 0.317. The number of halogens is 2. The molecule has 5 aromatic rings. The van der Waals surface area contributed by atoms with Gasteiger partial charge >= 0.3 is 5.69 Å². The third-order valence-corrected chi connectivity index (χ3v) is 8.53. The lowest BCUT2D eigenvalue weighted by atomic mass is 10.1. The molecule has 1 aliphatic heterocycles. The van der Waals surface area contributed by atoms with Crippen LogP contribution in [-0.2, 0) is 10.0 Å². The highest BCUT2D eigenvalue weighted by Crippen LogP contribution is 2.36. The summed E-state index contributed by atoms with van der Waals surface area (Å²) >= 11 is 0. The molecule has 1 aromatic carbocycles. The summed E-state index contributed by atoms with van der Waals surface area (Å²) in [7, 11) is -2.27. The molecule has 1 aliphatic rings. The van der Waals surface area contributed by atoms with Crippen LogP contribution in [0.25, 0.3) is 28.0 Å². The van der Waals surface area contributed by atoms with Crippen molar-refractivity contribution >= 4 is 26.9 Å². The monoisotopic (exact) mass is 595 g/mol. The van der Waals surface area contributed by atoms with E-state index in [1.165, 1.54) is 18.3 Å². The summed E-state index contributed by atoms with van der Waals surface area (Å²) in [6, 6.07) is 5.62. The fraction of sp³-hybridized carbons (Fsp3) is 0.231. The number of hydrogen-bond acceptors (Lipinski definition) is 11. The van der Waals surface area contributed by atoms with Gasteiger partial charge in [0.1, 0.15) is 40.6 Å². The van der Waals surface area contributed by atoms with Gasteiger partial charge in [-0.05, 0) is 38.2 Å². The topological polar surface area (TPSA) is 152 Å². The Bertz CT molecular complexity index is 1980. The fourth-order valence-electron chi connectivity index (χ4n) is 5.03. The van der Waals surface area contributed by atoms with Crippen LogP contribution < -0.4 is 10.6 Å². The highest BCUT2D eigenvalue weighted by molar-refractivity contribution is 7.89. The number of phenols is 1. The van der Waals surface area contributed by atoms with Gasteiger partial charge in [0.15, 0.2) is 11.5 Å². The third-order valence-electron chi connectivity index (χ3n) is 7.03. The van der Waals surface area contributed by atoms with Crippen molar-refractivity contribution in [1.29, 1.82) is 0 Å². The van der Waals surface area contributed by atoms with E-state index in [0.717, 1.165) is 41.6 Å². The summed E-state index contributed by atoms with van der Waals surface area (Å²) in [5.74, 6) is -2.28. The number of piperazine rings is 1. The van der Waals surface area contributed by atoms with Crippen molar-refractivity contribution in [2.75, 3.05) is 31.6 Å². The normalized spacial score (nSPS) is 16.3. The Labute approximate surface area is 237 Å². The van der Waals surface area contributed by atoms with Gasteiger partial charge in [-0.1, -0.05) is 6.07 Å². The van der Waals surface area contributed by atoms with E-state index in [1.54, 1.807) is 0 Å². The van der Waals surface area contributed by atoms with Crippen LogP contribution in [0.3, 0.4) is 0 Å². The van der Waals surface area contributed by atoms with Crippen molar-refractivity contribution in [1.82, 2.24) is 38.6 Å². The fourth-order valence-corrected chi connectivity index (χ4v) is 6.06. The number of fused-ring (bicyclic) bond motifs is 1. The molecule has 16 heteroatoms. The molecule has 1 N–H and O–H groups in total. The third kappa shape index (κ3) is 4.53. The Hall–Kier alpha value is -4.83. The number of pyridine rings is 2. The standard InChI is InChI=1S/C26H23F2N9O4S/c1-15-12-34(2)6-7-35(15)24-18-9-20(28)23(22-19(27)4-3-5-21(22)38)32-25(18)37(26(39)33-24)16-8-17(11-29-10-16)42(40,41)36-14-30-13-31-36/h3-5,8-11,13-15,38H,6-7,12H2,1-2H3/t15-/m1/s1. The number of aromatic hydroxyl groups is 1. The zero-order chi connectivity index (χ0) is 29.8. The van der Waals surface area contributed by atoms with Crippen molar-refractivity contribution < 1.29 is 22.3 Å². The molecule has 0 radical (unpaired) electrons. The Kier molecular flexibility index (Phi) is 6.65. The number of likely N-dealkylation sites (N-methyl/N-ethyl adjacent to an activating group) is 1. The molecule has 5 heterocycles. The van der Waals surface area contributed by atoms with E-state index >= 15 is 4.39 Å². The van der Waals surface area contributed by atoms with E-state index in [1.807, 2.05) is 18.9 Å². The molecule has 6 rings (SSSR count). The molecule has 0 bridgehead atoms. The van der Waals surface area contributed by atoms with E-state index in [2.05, 4.69) is 29.9 Å². The second kappa shape index (κ2) is 10.2. The van der Waals surface area contributed by atoms with E-state index < -0.39 is 44.4 Å². The lowest BCUT2D eigenvalue weighted by Gasteiger charge is -2.39. The first-order valence-corrected chi connectivity index (χ1v) is 14.1. The second-order valence-corrected chi connectivity index (χ2v) is 11.6. The van der Waals surface area contributed by atoms with Gasteiger partial charge in [0.2, 0.25) is 0 Å². The maximum absolute atomic E-state index is 15.7. The summed E-state index contributed by atoms with van der Waals surface area (Å²) in [5, 5.41) is 14.2. The molecule has 13 nitrogen and oxygen atoms in total. The number of rotatable bonds is 5. The molecular formula is C26H23F2N9O4S. The zero-order valence-corrected chi connectivity index (χ0v) is 23.1. The summed E-state index contributed by atoms with van der Waals surface area (Å²) in [4.78, 5) is 33.6. The first-order chi connectivity index (χ1) is 20.1. The molecule has 216 valence electrons. The largest absolute Gasteiger partial charge is 0.507 e. The Balaban J connectivity index is 1.64. The lowest BCUT2D eigenvalue weighted by Crippen LogP contribution is -2.51. The summed E-state index contributed by atoms with van der Waals surface area (Å²) < 4.78 is 58.3. The van der Waals surface area contributed by atoms with Crippen LogP contribution >= 0.6 is 0 Å². The first-order valence-electron chi connectivity index (χ1n) is 12.7. The van der Waals surface area contributed by atoms with Crippen LogP contribution in [0.5, 0.6) is 5.75 Å². The molecular weight excluding hydrogens is 572 g/mol. The van der Waals surface area contributed by atoms with Crippen LogP contribution in [0.1, 0.15) is 6.92 Å². The predicted octanol–water partition coefficient (Wildman–Crippen LogP) is 1.80. The maximum atomic E-state index is 15.7. The Morgan fingerprint density at radius 3 is 2.57 bits per heavy atom. The van der Waals surface area contributed by atoms with Crippen LogP contribution in [0.15, 0.2) is 65.1 Å². The van der Waals surface area contributed by atoms with Gasteiger partial charge in [-0.15, -0.1) is 9.19 Å². The van der Waals surface area contributed by atoms with Gasteiger partial charge in [-0.25, -0.2) is 28.1 Å². The van der Waals surface area contributed by atoms with E-state index in [9.17, 15) is 22.7 Å². The molecule has 0 saturated carbocycles. The number of aromatic nitrogens is 7. The van der Waals surface area contributed by atoms with Crippen molar-refractivity contribution in [2.24, 2.45) is 0 Å². The van der Waals surface area contributed by atoms with E-state index in [4.69, 9.17) is 0 Å². The Morgan fingerprint density at radius 1 is 1.05 bits per heavy atom. The molecule has 1 saturated heterocycles. The molecule has 0 amide bonds. The summed E-state index contributed by atoms with van der Waals surface area (Å²) in [6.07, 6.45) is 4.32. The minimum Gasteiger partial charge on any atom is -0.507 e. The van der Waals surface area contributed by atoms with Gasteiger partial charge < -0.3 is 14.9 Å². The highest BCUT2D eigenvalue weighted by Gasteiger charge is 2.29. The van der Waals surface area contributed by atoms with E-state index in [-0.39, 0.29) is 33.5 Å². The predicted molar refractivity (Wildman–Crippen MR) is 147 cm³/mol. The molecule has 1 atom stereocenters. The molecule has 0 aliphatic carbocycles. The SMILES string of the molecule is C[C@@H]1CN(C)CCN1c1nc(=O)n(-c2cncc(S(=O)(=O)n3cncn3)c2)c2nc(-c3c(O)cccc3F)c(F)cc12. The van der Waals surface area contributed by atoms with Gasteiger partial charge in [-0.2, -0.15) is 13.4 Å². The summed E-state index contributed by atoms with van der Waals surface area (Å²) in [5.41, 5.74) is -2.10. The molecule has 0 unspecified atom stereocenters. The molecule has 0 spiro atoms. The van der Waals surface area contributed by atoms with Crippen molar-refractivity contribution in [2.45, 2.75) is 17.9 Å². The van der Waals surface area contributed by atoms with Gasteiger partial charge in [0.05, 0.1) is 22.8 Å². The summed E-state index contributed by atoms with van der Waals surface area (Å²) in [6.45, 7) is 3.72. The lowest BCUT2D eigenvalue weighted by molar-refractivity contribution is 0.275. The van der Waals surface area contributed by atoms with Crippen molar-refractivity contribution in [3.05, 3.63) is 77.5 Å². The van der Waals surface area contributed by atoms with Gasteiger partial charge in [-0.3, -0.25) is 4.98 Å². The van der Waals surface area contributed by atoms with Crippen molar-refractivity contribution in [3.8, 4) is 22.7 Å². The Morgan fingerprint density at radius 2 is 1.86 bits per heavy atom. The molecule has 42 heavy (non-hydrogen) atoms. The number of phenolic OH excluding ortho intramolecular Hbond substituents is 1. The number of nitrogens with zero attached hydrogens (tertiary/aromatic N) is 9. The minimum atomic E-state index is -4.23. The van der Waals surface area contributed by atoms with E-state index in [0.29, 0.717) is 23.7 Å². The number of anilines is 1. The van der Waals surface area contributed by atoms with Gasteiger partial charge in [0, 0.05) is 31.9 Å². The second-order valence-electron chi connectivity index (χ2n) is 9.83. The van der Waals surface area contributed by atoms with Crippen LogP contribution in [0, 0.1) is 11.6 Å². The zero-order valence-electron chi connectivity index (χ0n) is 22.3.